The number of nitriles is 1. The summed E-state index contributed by atoms with van der Waals surface area (Å²) in [7, 11) is 0. The van der Waals surface area contributed by atoms with E-state index in [-0.39, 0.29) is 23.6 Å². The summed E-state index contributed by atoms with van der Waals surface area (Å²) in [6.07, 6.45) is 3.34. The van der Waals surface area contributed by atoms with Gasteiger partial charge in [-0.2, -0.15) is 5.26 Å². The molecule has 0 saturated carbocycles. The molecule has 1 aromatic heterocycles. The fourth-order valence-corrected chi connectivity index (χ4v) is 3.23. The lowest BCUT2D eigenvalue weighted by Gasteiger charge is -2.39. The van der Waals surface area contributed by atoms with Gasteiger partial charge >= 0.3 is 5.97 Å². The van der Waals surface area contributed by atoms with E-state index in [1.807, 2.05) is 19.9 Å². The van der Waals surface area contributed by atoms with E-state index >= 15 is 0 Å². The molecule has 0 aliphatic carbocycles. The number of nitrogens with zero attached hydrogens (tertiary/aromatic N) is 2. The SMILES string of the molecule is CC(C)=CCC1(C(=O)O)CCCN(C(=O)c2cc(C#N)c(=O)[nH]c2C)C1. The Bertz CT molecular complexity index is 859. The highest BCUT2D eigenvalue weighted by atomic mass is 16.4. The second-order valence-electron chi connectivity index (χ2n) is 7.06. The smallest absolute Gasteiger partial charge is 0.311 e. The van der Waals surface area contributed by atoms with E-state index in [9.17, 15) is 19.5 Å². The molecule has 2 heterocycles. The van der Waals surface area contributed by atoms with Crippen LogP contribution in [0.4, 0.5) is 0 Å². The lowest BCUT2D eigenvalue weighted by molar-refractivity contribution is -0.151. The number of allylic oxidation sites excluding steroid dienone is 2. The van der Waals surface area contributed by atoms with Gasteiger partial charge in [-0.1, -0.05) is 11.6 Å². The molecule has 1 fully saturated rings. The van der Waals surface area contributed by atoms with Crippen LogP contribution >= 0.6 is 0 Å². The number of hydrogen-bond donors (Lipinski definition) is 2. The number of carboxylic acid groups (broad SMARTS) is 1. The number of aryl methyl sites for hydroxylation is 1. The number of aromatic nitrogens is 1. The number of carboxylic acids is 1. The van der Waals surface area contributed by atoms with Gasteiger partial charge in [0.15, 0.2) is 0 Å². The van der Waals surface area contributed by atoms with Gasteiger partial charge in [-0.15, -0.1) is 0 Å². The molecule has 1 amide bonds. The van der Waals surface area contributed by atoms with Gasteiger partial charge in [-0.25, -0.2) is 0 Å². The lowest BCUT2D eigenvalue weighted by Crippen LogP contribution is -2.50. The molecule has 1 aromatic rings. The van der Waals surface area contributed by atoms with Gasteiger partial charge in [0.25, 0.3) is 11.5 Å². The van der Waals surface area contributed by atoms with E-state index in [4.69, 9.17) is 5.26 Å². The molecule has 0 bridgehead atoms. The van der Waals surface area contributed by atoms with Gasteiger partial charge < -0.3 is 15.0 Å². The third-order valence-electron chi connectivity index (χ3n) is 4.81. The van der Waals surface area contributed by atoms with Crippen molar-refractivity contribution in [3.8, 4) is 6.07 Å². The normalized spacial score (nSPS) is 19.5. The Morgan fingerprint density at radius 1 is 1.46 bits per heavy atom. The monoisotopic (exact) mass is 357 g/mol. The van der Waals surface area contributed by atoms with Crippen molar-refractivity contribution in [3.63, 3.8) is 0 Å². The lowest BCUT2D eigenvalue weighted by atomic mass is 9.76. The van der Waals surface area contributed by atoms with Crippen molar-refractivity contribution in [2.45, 2.75) is 40.0 Å². The van der Waals surface area contributed by atoms with Crippen LogP contribution in [0.3, 0.4) is 0 Å². The van der Waals surface area contributed by atoms with Gasteiger partial charge in [0.05, 0.1) is 11.0 Å². The van der Waals surface area contributed by atoms with Crippen LogP contribution in [0.2, 0.25) is 0 Å². The number of pyridine rings is 1. The largest absolute Gasteiger partial charge is 0.481 e. The average Bonchev–Trinajstić information content (AvgIpc) is 2.59. The molecule has 2 rings (SSSR count). The average molecular weight is 357 g/mol. The highest BCUT2D eigenvalue weighted by molar-refractivity contribution is 5.96. The summed E-state index contributed by atoms with van der Waals surface area (Å²) < 4.78 is 0. The molecule has 0 radical (unpaired) electrons. The fraction of sp³-hybridized carbons (Fsp3) is 0.474. The van der Waals surface area contributed by atoms with Gasteiger partial charge in [0, 0.05) is 18.8 Å². The first-order chi connectivity index (χ1) is 12.2. The molecule has 0 spiro atoms. The molecule has 1 aliphatic rings. The number of aromatic amines is 1. The maximum absolute atomic E-state index is 12.9. The first-order valence-corrected chi connectivity index (χ1v) is 8.50. The number of likely N-dealkylation sites (tertiary alicyclic amines) is 1. The van der Waals surface area contributed by atoms with E-state index in [1.54, 1.807) is 13.0 Å². The number of nitrogens with one attached hydrogen (secondary N) is 1. The first kappa shape index (κ1) is 19.4. The maximum Gasteiger partial charge on any atom is 0.311 e. The first-order valence-electron chi connectivity index (χ1n) is 8.50. The minimum atomic E-state index is -1.01. The minimum Gasteiger partial charge on any atom is -0.481 e. The van der Waals surface area contributed by atoms with Crippen molar-refractivity contribution >= 4 is 11.9 Å². The van der Waals surface area contributed by atoms with Gasteiger partial charge in [-0.05, 0) is 46.1 Å². The van der Waals surface area contributed by atoms with Crippen molar-refractivity contribution in [1.29, 1.82) is 5.26 Å². The maximum atomic E-state index is 12.9. The second-order valence-corrected chi connectivity index (χ2v) is 7.06. The van der Waals surface area contributed by atoms with Gasteiger partial charge in [0.1, 0.15) is 11.6 Å². The van der Waals surface area contributed by atoms with Crippen LogP contribution in [0.15, 0.2) is 22.5 Å². The Balaban J connectivity index is 2.35. The molecule has 7 nitrogen and oxygen atoms in total. The molecule has 1 saturated heterocycles. The number of carbonyl (C=O) groups is 2. The Hall–Kier alpha value is -2.88. The van der Waals surface area contributed by atoms with Crippen molar-refractivity contribution < 1.29 is 14.7 Å². The van der Waals surface area contributed by atoms with Crippen LogP contribution in [0, 0.1) is 23.7 Å². The quantitative estimate of drug-likeness (QED) is 0.802. The summed E-state index contributed by atoms with van der Waals surface area (Å²) in [5, 5.41) is 18.8. The standard InChI is InChI=1S/C19H23N3O4/c1-12(2)5-7-19(18(25)26)6-4-8-22(11-19)17(24)15-9-14(10-20)16(23)21-13(15)3/h5,9H,4,6-8,11H2,1-3H3,(H,21,23)(H,25,26). The number of aliphatic carboxylic acids is 1. The van der Waals surface area contributed by atoms with Gasteiger partial charge in [-0.3, -0.25) is 14.4 Å². The summed E-state index contributed by atoms with van der Waals surface area (Å²) in [5.74, 6) is -1.28. The molecule has 2 N–H and O–H groups in total. The zero-order valence-corrected chi connectivity index (χ0v) is 15.3. The number of amides is 1. The molecule has 138 valence electrons. The third-order valence-corrected chi connectivity index (χ3v) is 4.81. The Morgan fingerprint density at radius 2 is 2.15 bits per heavy atom. The minimum absolute atomic E-state index is 0.103. The zero-order chi connectivity index (χ0) is 19.5. The fourth-order valence-electron chi connectivity index (χ4n) is 3.23. The van der Waals surface area contributed by atoms with Crippen molar-refractivity contribution in [1.82, 2.24) is 9.88 Å². The summed E-state index contributed by atoms with van der Waals surface area (Å²) in [5.41, 5.74) is -0.0588. The predicted molar refractivity (Wildman–Crippen MR) is 95.8 cm³/mol. The number of carbonyl (C=O) groups excluding carboxylic acids is 1. The summed E-state index contributed by atoms with van der Waals surface area (Å²) in [6.45, 7) is 5.96. The van der Waals surface area contributed by atoms with Crippen molar-refractivity contribution in [2.24, 2.45) is 5.41 Å². The summed E-state index contributed by atoms with van der Waals surface area (Å²) in [6, 6.07) is 3.05. The van der Waals surface area contributed by atoms with Crippen molar-refractivity contribution in [3.05, 3.63) is 44.9 Å². The number of piperidine rings is 1. The van der Waals surface area contributed by atoms with Crippen LogP contribution in [0.1, 0.15) is 54.7 Å². The second kappa shape index (κ2) is 7.56. The van der Waals surface area contributed by atoms with Crippen LogP contribution in [-0.2, 0) is 4.79 Å². The number of H-pyrrole nitrogens is 1. The molecule has 0 aromatic carbocycles. The molecule has 26 heavy (non-hydrogen) atoms. The highest BCUT2D eigenvalue weighted by Gasteiger charge is 2.43. The Kier molecular flexibility index (Phi) is 5.66. The van der Waals surface area contributed by atoms with Crippen molar-refractivity contribution in [2.75, 3.05) is 13.1 Å². The van der Waals surface area contributed by atoms with Crippen LogP contribution < -0.4 is 5.56 Å². The van der Waals surface area contributed by atoms with Crippen LogP contribution in [-0.4, -0.2) is 40.0 Å². The van der Waals surface area contributed by atoms with E-state index in [2.05, 4.69) is 4.98 Å². The molecule has 1 aliphatic heterocycles. The zero-order valence-electron chi connectivity index (χ0n) is 15.3. The molecule has 7 heteroatoms. The molecular weight excluding hydrogens is 334 g/mol. The Labute approximate surface area is 151 Å². The topological polar surface area (TPSA) is 114 Å². The Morgan fingerprint density at radius 3 is 2.73 bits per heavy atom. The van der Waals surface area contributed by atoms with E-state index in [0.717, 1.165) is 5.57 Å². The molecule has 1 unspecified atom stereocenters. The third kappa shape index (κ3) is 3.85. The summed E-state index contributed by atoms with van der Waals surface area (Å²) >= 11 is 0. The van der Waals surface area contributed by atoms with E-state index in [1.165, 1.54) is 11.0 Å². The number of hydrogen-bond acceptors (Lipinski definition) is 4. The van der Waals surface area contributed by atoms with E-state index in [0.29, 0.717) is 31.5 Å². The van der Waals surface area contributed by atoms with Crippen LogP contribution in [0.5, 0.6) is 0 Å². The molecular formula is C19H23N3O4. The number of rotatable bonds is 4. The molecule has 1 atom stereocenters. The summed E-state index contributed by atoms with van der Waals surface area (Å²) in [4.78, 5) is 40.6. The highest BCUT2D eigenvalue weighted by Crippen LogP contribution is 2.35. The van der Waals surface area contributed by atoms with Crippen LogP contribution in [0.25, 0.3) is 0 Å². The van der Waals surface area contributed by atoms with Gasteiger partial charge in [0.2, 0.25) is 0 Å². The van der Waals surface area contributed by atoms with E-state index < -0.39 is 16.9 Å². The predicted octanol–water partition coefficient (Wildman–Crippen LogP) is 2.22.